The van der Waals surface area contributed by atoms with Crippen molar-refractivity contribution in [3.63, 3.8) is 0 Å². The van der Waals surface area contributed by atoms with Crippen LogP contribution in [0.5, 0.6) is 11.5 Å². The van der Waals surface area contributed by atoms with E-state index in [0.717, 1.165) is 22.0 Å². The maximum absolute atomic E-state index is 13.0. The Balaban J connectivity index is 1.32. The van der Waals surface area contributed by atoms with E-state index in [1.807, 2.05) is 41.9 Å². The number of fused-ring (bicyclic) bond motifs is 2. The molecule has 2 amide bonds. The van der Waals surface area contributed by atoms with Gasteiger partial charge in [-0.2, -0.15) is 5.10 Å². The van der Waals surface area contributed by atoms with Gasteiger partial charge in [0.2, 0.25) is 0 Å². The average Bonchev–Trinajstić information content (AvgIpc) is 3.54. The Kier molecular flexibility index (Phi) is 6.26. The molecule has 0 aliphatic carbocycles. The van der Waals surface area contributed by atoms with Gasteiger partial charge in [-0.05, 0) is 46.8 Å². The van der Waals surface area contributed by atoms with Crippen LogP contribution in [0.2, 0.25) is 0 Å². The molecule has 3 heterocycles. The largest absolute Gasteiger partial charge is 0.486 e. The van der Waals surface area contributed by atoms with Crippen molar-refractivity contribution in [2.24, 2.45) is 5.10 Å². The number of H-pyrrole nitrogens is 1. The van der Waals surface area contributed by atoms with Crippen molar-refractivity contribution in [2.45, 2.75) is 12.5 Å². The molecular weight excluding hydrogens is 452 g/mol. The Morgan fingerprint density at radius 1 is 1.09 bits per heavy atom. The number of hydrazone groups is 1. The monoisotopic (exact) mass is 474 g/mol. The number of carbonyl (C=O) groups is 2. The first-order chi connectivity index (χ1) is 16.7. The lowest BCUT2D eigenvalue weighted by molar-refractivity contribution is -0.122. The average molecular weight is 475 g/mol. The fourth-order valence-corrected chi connectivity index (χ4v) is 4.38. The van der Waals surface area contributed by atoms with Crippen LogP contribution in [0.1, 0.15) is 20.8 Å². The van der Waals surface area contributed by atoms with Crippen LogP contribution in [0, 0.1) is 0 Å². The van der Waals surface area contributed by atoms with Crippen LogP contribution < -0.4 is 20.2 Å². The van der Waals surface area contributed by atoms with Crippen LogP contribution >= 0.6 is 11.3 Å². The molecule has 2 aromatic heterocycles. The van der Waals surface area contributed by atoms with Gasteiger partial charge in [-0.3, -0.25) is 9.59 Å². The fourth-order valence-electron chi connectivity index (χ4n) is 3.76. The zero-order valence-electron chi connectivity index (χ0n) is 18.1. The van der Waals surface area contributed by atoms with Crippen LogP contribution in [0.25, 0.3) is 10.9 Å². The van der Waals surface area contributed by atoms with Gasteiger partial charge in [0.1, 0.15) is 19.3 Å². The molecule has 1 unspecified atom stereocenters. The number of hydrogen-bond donors (Lipinski definition) is 3. The maximum Gasteiger partial charge on any atom is 0.262 e. The predicted molar refractivity (Wildman–Crippen MR) is 131 cm³/mol. The molecule has 4 aromatic rings. The predicted octanol–water partition coefficient (Wildman–Crippen LogP) is 3.49. The maximum atomic E-state index is 13.0. The standard InChI is InChI=1S/C25H22N4O4S/c30-24(29-27-14-16-7-8-21-22(12-16)33-10-9-32-21)20(28-25(31)23-6-3-11-34-23)13-17-15-26-19-5-2-1-4-18(17)19/h1-8,11-12,14-15,20,26H,9-10,13H2,(H,28,31)(H,29,30). The van der Waals surface area contributed by atoms with Gasteiger partial charge in [-0.15, -0.1) is 11.3 Å². The molecule has 1 aliphatic rings. The number of carbonyl (C=O) groups excluding carboxylic acids is 2. The Morgan fingerprint density at radius 3 is 2.79 bits per heavy atom. The van der Waals surface area contributed by atoms with Gasteiger partial charge in [-0.25, -0.2) is 5.43 Å². The minimum atomic E-state index is -0.814. The lowest BCUT2D eigenvalue weighted by Gasteiger charge is -2.18. The summed E-state index contributed by atoms with van der Waals surface area (Å²) in [4.78, 5) is 29.5. The third-order valence-electron chi connectivity index (χ3n) is 5.42. The van der Waals surface area contributed by atoms with E-state index in [9.17, 15) is 9.59 Å². The van der Waals surface area contributed by atoms with E-state index >= 15 is 0 Å². The van der Waals surface area contributed by atoms with Gasteiger partial charge in [0, 0.05) is 23.5 Å². The summed E-state index contributed by atoms with van der Waals surface area (Å²) in [5, 5.41) is 9.77. The van der Waals surface area contributed by atoms with E-state index in [0.29, 0.717) is 36.0 Å². The van der Waals surface area contributed by atoms with E-state index in [-0.39, 0.29) is 5.91 Å². The van der Waals surface area contributed by atoms with E-state index in [4.69, 9.17) is 9.47 Å². The summed E-state index contributed by atoms with van der Waals surface area (Å²) >= 11 is 1.32. The van der Waals surface area contributed by atoms with Crippen molar-refractivity contribution in [3.8, 4) is 11.5 Å². The molecule has 8 nitrogen and oxygen atoms in total. The van der Waals surface area contributed by atoms with E-state index in [1.54, 1.807) is 24.3 Å². The summed E-state index contributed by atoms with van der Waals surface area (Å²) in [5.74, 6) is 0.610. The molecule has 2 aromatic carbocycles. The summed E-state index contributed by atoms with van der Waals surface area (Å²) < 4.78 is 11.1. The lowest BCUT2D eigenvalue weighted by atomic mass is 10.0. The Morgan fingerprint density at radius 2 is 1.94 bits per heavy atom. The number of aromatic amines is 1. The summed E-state index contributed by atoms with van der Waals surface area (Å²) in [7, 11) is 0. The summed E-state index contributed by atoms with van der Waals surface area (Å²) in [6.45, 7) is 1.01. The molecular formula is C25H22N4O4S. The SMILES string of the molecule is O=C(NC(Cc1c[nH]c2ccccc12)C(=O)NN=Cc1ccc2c(c1)OCCO2)c1cccs1. The molecule has 0 bridgehead atoms. The van der Waals surface area contributed by atoms with Crippen LogP contribution in [0.4, 0.5) is 0 Å². The zero-order valence-corrected chi connectivity index (χ0v) is 18.9. The summed E-state index contributed by atoms with van der Waals surface area (Å²) in [6.07, 6.45) is 3.70. The highest BCUT2D eigenvalue weighted by Gasteiger charge is 2.23. The minimum absolute atomic E-state index is 0.300. The Hall–Kier alpha value is -4.11. The van der Waals surface area contributed by atoms with Crippen LogP contribution in [0.3, 0.4) is 0 Å². The smallest absolute Gasteiger partial charge is 0.262 e. The molecule has 5 rings (SSSR count). The topological polar surface area (TPSA) is 105 Å². The molecule has 0 spiro atoms. The van der Waals surface area contributed by atoms with Crippen LogP contribution in [-0.2, 0) is 11.2 Å². The van der Waals surface area contributed by atoms with Gasteiger partial charge in [0.25, 0.3) is 11.8 Å². The number of thiophene rings is 1. The fraction of sp³-hybridized carbons (Fsp3) is 0.160. The number of nitrogens with one attached hydrogen (secondary N) is 3. The lowest BCUT2D eigenvalue weighted by Crippen LogP contribution is -2.46. The molecule has 172 valence electrons. The van der Waals surface area contributed by atoms with E-state index in [2.05, 4.69) is 20.8 Å². The van der Waals surface area contributed by atoms with Gasteiger partial charge in [0.05, 0.1) is 11.1 Å². The number of benzene rings is 2. The molecule has 0 saturated carbocycles. The van der Waals surface area contributed by atoms with Crippen molar-refractivity contribution >= 4 is 40.3 Å². The van der Waals surface area contributed by atoms with Gasteiger partial charge in [0.15, 0.2) is 11.5 Å². The number of ether oxygens (including phenoxy) is 2. The molecule has 0 saturated heterocycles. The Bertz CT molecular complexity index is 1350. The second kappa shape index (κ2) is 9.80. The number of rotatable bonds is 7. The zero-order chi connectivity index (χ0) is 23.3. The summed E-state index contributed by atoms with van der Waals surface area (Å²) in [5.41, 5.74) is 5.21. The molecule has 1 aliphatic heterocycles. The molecule has 3 N–H and O–H groups in total. The van der Waals surface area contributed by atoms with Gasteiger partial charge in [-0.1, -0.05) is 24.3 Å². The van der Waals surface area contributed by atoms with E-state index in [1.165, 1.54) is 17.6 Å². The Labute approximate surface area is 199 Å². The molecule has 34 heavy (non-hydrogen) atoms. The first kappa shape index (κ1) is 21.7. The highest BCUT2D eigenvalue weighted by Crippen LogP contribution is 2.30. The second-order valence-electron chi connectivity index (χ2n) is 7.70. The minimum Gasteiger partial charge on any atom is -0.486 e. The molecule has 9 heteroatoms. The second-order valence-corrected chi connectivity index (χ2v) is 8.65. The van der Waals surface area contributed by atoms with Crippen molar-refractivity contribution < 1.29 is 19.1 Å². The quantitative estimate of drug-likeness (QED) is 0.282. The highest BCUT2D eigenvalue weighted by atomic mass is 32.1. The number of hydrogen-bond acceptors (Lipinski definition) is 6. The number of nitrogens with zero attached hydrogens (tertiary/aromatic N) is 1. The van der Waals surface area contributed by atoms with E-state index < -0.39 is 11.9 Å². The molecule has 1 atom stereocenters. The highest BCUT2D eigenvalue weighted by molar-refractivity contribution is 7.12. The van der Waals surface area contributed by atoms with Crippen molar-refractivity contribution in [3.05, 3.63) is 82.2 Å². The van der Waals surface area contributed by atoms with Crippen molar-refractivity contribution in [1.29, 1.82) is 0 Å². The normalized spacial score (nSPS) is 13.6. The molecule has 0 radical (unpaired) electrons. The summed E-state index contributed by atoms with van der Waals surface area (Å²) in [6, 6.07) is 16.0. The molecule has 0 fully saturated rings. The van der Waals surface area contributed by atoms with Gasteiger partial charge < -0.3 is 19.8 Å². The number of aromatic nitrogens is 1. The number of amides is 2. The van der Waals surface area contributed by atoms with Gasteiger partial charge >= 0.3 is 0 Å². The number of para-hydroxylation sites is 1. The van der Waals surface area contributed by atoms with Crippen LogP contribution in [0.15, 0.2) is 71.3 Å². The first-order valence-corrected chi connectivity index (χ1v) is 11.7. The third kappa shape index (κ3) is 4.79. The third-order valence-corrected chi connectivity index (χ3v) is 6.29. The first-order valence-electron chi connectivity index (χ1n) is 10.8. The van der Waals surface area contributed by atoms with Crippen molar-refractivity contribution in [1.82, 2.24) is 15.7 Å². The van der Waals surface area contributed by atoms with Crippen LogP contribution in [-0.4, -0.2) is 42.3 Å². The van der Waals surface area contributed by atoms with Crippen molar-refractivity contribution in [2.75, 3.05) is 13.2 Å².